The molecule has 88 valence electrons. The summed E-state index contributed by atoms with van der Waals surface area (Å²) in [6.07, 6.45) is 0. The average molecular weight is 330 g/mol. The van der Waals surface area contributed by atoms with Crippen LogP contribution in [0, 0.1) is 13.8 Å². The predicted octanol–water partition coefficient (Wildman–Crippen LogP) is 5.01. The van der Waals surface area contributed by atoms with Crippen molar-refractivity contribution >= 4 is 44.7 Å². The molecule has 0 saturated heterocycles. The number of hydrogen-bond donors (Lipinski definition) is 0. The second kappa shape index (κ2) is 4.92. The molecular formula is C13H10BrClOS. The molecule has 17 heavy (non-hydrogen) atoms. The molecule has 0 aliphatic rings. The van der Waals surface area contributed by atoms with E-state index in [1.165, 1.54) is 0 Å². The van der Waals surface area contributed by atoms with Gasteiger partial charge in [-0.15, -0.1) is 11.3 Å². The van der Waals surface area contributed by atoms with E-state index >= 15 is 0 Å². The minimum atomic E-state index is 0.0374. The predicted molar refractivity (Wildman–Crippen MR) is 76.4 cm³/mol. The topological polar surface area (TPSA) is 17.1 Å². The quantitative estimate of drug-likeness (QED) is 0.708. The molecule has 0 aliphatic carbocycles. The van der Waals surface area contributed by atoms with Gasteiger partial charge >= 0.3 is 0 Å². The summed E-state index contributed by atoms with van der Waals surface area (Å²) in [5.74, 6) is 0.0374. The largest absolute Gasteiger partial charge is 0.289 e. The standard InChI is InChI=1S/C13H10BrClOS/c1-7-5-11(8(2)17-7)13(16)10-4-3-9(15)6-12(10)14/h3-6H,1-2H3. The maximum Gasteiger partial charge on any atom is 0.195 e. The minimum Gasteiger partial charge on any atom is -0.289 e. The summed E-state index contributed by atoms with van der Waals surface area (Å²) >= 11 is 10.9. The molecule has 1 aromatic carbocycles. The van der Waals surface area contributed by atoms with Crippen LogP contribution in [0.2, 0.25) is 5.02 Å². The van der Waals surface area contributed by atoms with Crippen LogP contribution in [0.25, 0.3) is 0 Å². The van der Waals surface area contributed by atoms with Crippen LogP contribution in [-0.4, -0.2) is 5.78 Å². The Hall–Kier alpha value is -0.640. The van der Waals surface area contributed by atoms with Crippen molar-refractivity contribution in [3.05, 3.63) is 54.6 Å². The van der Waals surface area contributed by atoms with E-state index in [1.54, 1.807) is 29.5 Å². The fraction of sp³-hybridized carbons (Fsp3) is 0.154. The third kappa shape index (κ3) is 2.62. The molecular weight excluding hydrogens is 320 g/mol. The van der Waals surface area contributed by atoms with Crippen molar-refractivity contribution in [1.82, 2.24) is 0 Å². The zero-order valence-electron chi connectivity index (χ0n) is 9.38. The van der Waals surface area contributed by atoms with Crippen molar-refractivity contribution in [3.63, 3.8) is 0 Å². The Morgan fingerprint density at radius 3 is 2.47 bits per heavy atom. The van der Waals surface area contributed by atoms with Crippen molar-refractivity contribution in [2.24, 2.45) is 0 Å². The SMILES string of the molecule is Cc1cc(C(=O)c2ccc(Cl)cc2Br)c(C)s1. The Morgan fingerprint density at radius 2 is 1.94 bits per heavy atom. The number of halogens is 2. The highest BCUT2D eigenvalue weighted by Gasteiger charge is 2.16. The normalized spacial score (nSPS) is 10.6. The number of thiophene rings is 1. The second-order valence-electron chi connectivity index (χ2n) is 3.78. The van der Waals surface area contributed by atoms with Gasteiger partial charge in [0.2, 0.25) is 0 Å². The van der Waals surface area contributed by atoms with E-state index in [4.69, 9.17) is 11.6 Å². The van der Waals surface area contributed by atoms with Crippen LogP contribution in [0.4, 0.5) is 0 Å². The molecule has 0 bridgehead atoms. The highest BCUT2D eigenvalue weighted by atomic mass is 79.9. The molecule has 0 aliphatic heterocycles. The monoisotopic (exact) mass is 328 g/mol. The molecule has 0 amide bonds. The first-order valence-electron chi connectivity index (χ1n) is 5.06. The summed E-state index contributed by atoms with van der Waals surface area (Å²) in [4.78, 5) is 14.5. The highest BCUT2D eigenvalue weighted by Crippen LogP contribution is 2.28. The summed E-state index contributed by atoms with van der Waals surface area (Å²) < 4.78 is 0.734. The van der Waals surface area contributed by atoms with Gasteiger partial charge in [-0.1, -0.05) is 11.6 Å². The first-order chi connectivity index (χ1) is 7.99. The van der Waals surface area contributed by atoms with Crippen LogP contribution in [-0.2, 0) is 0 Å². The molecule has 2 aromatic rings. The fourth-order valence-electron chi connectivity index (χ4n) is 1.67. The maximum atomic E-state index is 12.3. The van der Waals surface area contributed by atoms with Gasteiger partial charge in [-0.2, -0.15) is 0 Å². The first kappa shape index (κ1) is 12.8. The van der Waals surface area contributed by atoms with Gasteiger partial charge in [-0.25, -0.2) is 0 Å². The molecule has 0 spiro atoms. The van der Waals surface area contributed by atoms with E-state index in [0.717, 1.165) is 19.8 Å². The molecule has 0 atom stereocenters. The third-order valence-corrected chi connectivity index (χ3v) is 4.32. The molecule has 0 unspecified atom stereocenters. The Bertz CT molecular complexity index is 589. The lowest BCUT2D eigenvalue weighted by Gasteiger charge is -2.03. The molecule has 1 heterocycles. The van der Waals surface area contributed by atoms with E-state index in [9.17, 15) is 4.79 Å². The zero-order chi connectivity index (χ0) is 12.6. The summed E-state index contributed by atoms with van der Waals surface area (Å²) in [6, 6.07) is 7.15. The van der Waals surface area contributed by atoms with Gasteiger partial charge in [0.15, 0.2) is 5.78 Å². The average Bonchev–Trinajstić information content (AvgIpc) is 2.57. The van der Waals surface area contributed by atoms with Crippen molar-refractivity contribution in [2.75, 3.05) is 0 Å². The van der Waals surface area contributed by atoms with E-state index in [0.29, 0.717) is 10.6 Å². The van der Waals surface area contributed by atoms with E-state index < -0.39 is 0 Å². The van der Waals surface area contributed by atoms with E-state index in [1.807, 2.05) is 19.9 Å². The molecule has 1 nitrogen and oxygen atoms in total. The summed E-state index contributed by atoms with van der Waals surface area (Å²) in [5, 5.41) is 0.617. The van der Waals surface area contributed by atoms with Crippen LogP contribution < -0.4 is 0 Å². The lowest BCUT2D eigenvalue weighted by Crippen LogP contribution is -2.02. The van der Waals surface area contributed by atoms with Crippen molar-refractivity contribution < 1.29 is 4.79 Å². The highest BCUT2D eigenvalue weighted by molar-refractivity contribution is 9.10. The van der Waals surface area contributed by atoms with Gasteiger partial charge < -0.3 is 0 Å². The molecule has 0 fully saturated rings. The van der Waals surface area contributed by atoms with Gasteiger partial charge in [0.05, 0.1) is 0 Å². The van der Waals surface area contributed by atoms with Crippen molar-refractivity contribution in [1.29, 1.82) is 0 Å². The fourth-order valence-corrected chi connectivity index (χ4v) is 3.46. The van der Waals surface area contributed by atoms with Crippen molar-refractivity contribution in [3.8, 4) is 0 Å². The number of carbonyl (C=O) groups excluding carboxylic acids is 1. The molecule has 1 aromatic heterocycles. The lowest BCUT2D eigenvalue weighted by molar-refractivity contribution is 0.103. The number of ketones is 1. The van der Waals surface area contributed by atoms with E-state index in [2.05, 4.69) is 15.9 Å². The Morgan fingerprint density at radius 1 is 1.24 bits per heavy atom. The first-order valence-corrected chi connectivity index (χ1v) is 7.04. The van der Waals surface area contributed by atoms with Gasteiger partial charge in [0.25, 0.3) is 0 Å². The smallest absolute Gasteiger partial charge is 0.195 e. The second-order valence-corrected chi connectivity index (χ2v) is 6.53. The van der Waals surface area contributed by atoms with Crippen LogP contribution in [0.1, 0.15) is 25.7 Å². The minimum absolute atomic E-state index is 0.0374. The van der Waals surface area contributed by atoms with Gasteiger partial charge in [0, 0.05) is 30.4 Å². The van der Waals surface area contributed by atoms with E-state index in [-0.39, 0.29) is 5.78 Å². The maximum absolute atomic E-state index is 12.3. The third-order valence-electron chi connectivity index (χ3n) is 2.46. The Balaban J connectivity index is 2.47. The van der Waals surface area contributed by atoms with Crippen LogP contribution in [0.5, 0.6) is 0 Å². The molecule has 0 radical (unpaired) electrons. The molecule has 2 rings (SSSR count). The van der Waals surface area contributed by atoms with Crippen LogP contribution in [0.15, 0.2) is 28.7 Å². The van der Waals surface area contributed by atoms with Gasteiger partial charge in [-0.3, -0.25) is 4.79 Å². The number of benzene rings is 1. The molecule has 4 heteroatoms. The van der Waals surface area contributed by atoms with Gasteiger partial charge in [-0.05, 0) is 54.0 Å². The van der Waals surface area contributed by atoms with Gasteiger partial charge in [0.1, 0.15) is 0 Å². The summed E-state index contributed by atoms with van der Waals surface area (Å²) in [7, 11) is 0. The van der Waals surface area contributed by atoms with Crippen LogP contribution >= 0.6 is 38.9 Å². The lowest BCUT2D eigenvalue weighted by atomic mass is 10.0. The Labute approximate surface area is 118 Å². The number of hydrogen-bond acceptors (Lipinski definition) is 2. The zero-order valence-corrected chi connectivity index (χ0v) is 12.5. The van der Waals surface area contributed by atoms with Crippen LogP contribution in [0.3, 0.4) is 0 Å². The van der Waals surface area contributed by atoms with Crippen molar-refractivity contribution in [2.45, 2.75) is 13.8 Å². The summed E-state index contributed by atoms with van der Waals surface area (Å²) in [6.45, 7) is 3.97. The molecule has 0 N–H and O–H groups in total. The Kier molecular flexibility index (Phi) is 3.71. The summed E-state index contributed by atoms with van der Waals surface area (Å²) in [5.41, 5.74) is 1.42. The number of aryl methyl sites for hydroxylation is 2. The molecule has 0 saturated carbocycles. The number of carbonyl (C=O) groups is 1. The number of rotatable bonds is 2.